The van der Waals surface area contributed by atoms with Gasteiger partial charge in [-0.3, -0.25) is 9.48 Å². The number of carbonyl (C=O) groups is 1. The van der Waals surface area contributed by atoms with Gasteiger partial charge < -0.3 is 11.1 Å². The van der Waals surface area contributed by atoms with Crippen molar-refractivity contribution in [1.29, 1.82) is 0 Å². The quantitative estimate of drug-likeness (QED) is 0.763. The Morgan fingerprint density at radius 2 is 2.22 bits per heavy atom. The van der Waals surface area contributed by atoms with E-state index in [1.807, 2.05) is 19.2 Å². The van der Waals surface area contributed by atoms with Crippen LogP contribution in [-0.4, -0.2) is 25.7 Å². The molecule has 8 heteroatoms. The van der Waals surface area contributed by atoms with Crippen LogP contribution in [0.3, 0.4) is 0 Å². The lowest BCUT2D eigenvalue weighted by Crippen LogP contribution is -2.24. The van der Waals surface area contributed by atoms with Crippen LogP contribution < -0.4 is 11.1 Å². The maximum atomic E-state index is 12.3. The molecule has 0 unspecified atom stereocenters. The summed E-state index contributed by atoms with van der Waals surface area (Å²) in [6.45, 7) is 1.96. The van der Waals surface area contributed by atoms with E-state index in [0.717, 1.165) is 10.9 Å². The minimum absolute atomic E-state index is 0.140. The zero-order valence-corrected chi connectivity index (χ0v) is 13.4. The lowest BCUT2D eigenvalue weighted by atomic mass is 10.2. The first-order valence-electron chi connectivity index (χ1n) is 6.95. The summed E-state index contributed by atoms with van der Waals surface area (Å²) >= 11 is 6.25. The molecule has 0 atom stereocenters. The molecule has 2 heterocycles. The average molecular weight is 331 g/mol. The molecule has 3 rings (SSSR count). The lowest BCUT2D eigenvalue weighted by Gasteiger charge is -2.06. The topological polar surface area (TPSA) is 98.7 Å². The maximum Gasteiger partial charge on any atom is 0.255 e. The molecular formula is C15H15ClN6O. The number of anilines is 1. The van der Waals surface area contributed by atoms with Gasteiger partial charge in [0.15, 0.2) is 0 Å². The van der Waals surface area contributed by atoms with Crippen LogP contribution in [0, 0.1) is 6.92 Å². The minimum Gasteiger partial charge on any atom is -0.368 e. The van der Waals surface area contributed by atoms with Crippen LogP contribution in [0.4, 0.5) is 5.95 Å². The molecule has 0 radical (unpaired) electrons. The van der Waals surface area contributed by atoms with Crippen LogP contribution in [-0.2, 0) is 13.6 Å². The number of aromatic nitrogens is 4. The van der Waals surface area contributed by atoms with Crippen molar-refractivity contribution in [3.63, 3.8) is 0 Å². The fraction of sp³-hybridized carbons (Fsp3) is 0.200. The third kappa shape index (κ3) is 2.83. The fourth-order valence-corrected chi connectivity index (χ4v) is 2.72. The van der Waals surface area contributed by atoms with Crippen LogP contribution in [0.25, 0.3) is 10.9 Å². The van der Waals surface area contributed by atoms with Crippen molar-refractivity contribution in [2.45, 2.75) is 13.5 Å². The molecule has 0 saturated heterocycles. The largest absolute Gasteiger partial charge is 0.368 e. The van der Waals surface area contributed by atoms with Crippen molar-refractivity contribution in [2.24, 2.45) is 7.05 Å². The van der Waals surface area contributed by atoms with Crippen molar-refractivity contribution < 1.29 is 4.79 Å². The molecule has 3 aromatic rings. The van der Waals surface area contributed by atoms with Gasteiger partial charge in [0.25, 0.3) is 5.91 Å². The van der Waals surface area contributed by atoms with E-state index in [1.165, 1.54) is 6.20 Å². The summed E-state index contributed by atoms with van der Waals surface area (Å²) in [6, 6.07) is 5.59. The van der Waals surface area contributed by atoms with E-state index in [1.54, 1.807) is 17.7 Å². The molecule has 7 nitrogen and oxygen atoms in total. The second-order valence-electron chi connectivity index (χ2n) is 5.11. The van der Waals surface area contributed by atoms with Gasteiger partial charge in [0.05, 0.1) is 34.0 Å². The number of halogens is 1. The second-order valence-corrected chi connectivity index (χ2v) is 5.52. The molecule has 0 bridgehead atoms. The highest BCUT2D eigenvalue weighted by Crippen LogP contribution is 2.26. The summed E-state index contributed by atoms with van der Waals surface area (Å²) in [6.07, 6.45) is 1.41. The van der Waals surface area contributed by atoms with E-state index < -0.39 is 0 Å². The molecule has 23 heavy (non-hydrogen) atoms. The number of nitrogen functional groups attached to an aromatic ring is 1. The van der Waals surface area contributed by atoms with Gasteiger partial charge in [0.1, 0.15) is 0 Å². The first kappa shape index (κ1) is 15.2. The van der Waals surface area contributed by atoms with Gasteiger partial charge >= 0.3 is 0 Å². The number of amides is 1. The first-order valence-corrected chi connectivity index (χ1v) is 7.32. The van der Waals surface area contributed by atoms with Crippen molar-refractivity contribution in [2.75, 3.05) is 5.73 Å². The first-order chi connectivity index (χ1) is 11.0. The highest BCUT2D eigenvalue weighted by atomic mass is 35.5. The van der Waals surface area contributed by atoms with Crippen molar-refractivity contribution in [3.8, 4) is 0 Å². The summed E-state index contributed by atoms with van der Waals surface area (Å²) in [5.74, 6) is -0.144. The van der Waals surface area contributed by atoms with Crippen LogP contribution in [0.2, 0.25) is 5.02 Å². The molecule has 0 aliphatic heterocycles. The number of aryl methyl sites for hydroxylation is 2. The Labute approximate surface area is 137 Å². The van der Waals surface area contributed by atoms with Crippen LogP contribution >= 0.6 is 11.6 Å². The summed E-state index contributed by atoms with van der Waals surface area (Å²) in [4.78, 5) is 20.1. The Balaban J connectivity index is 1.85. The van der Waals surface area contributed by atoms with E-state index in [-0.39, 0.29) is 18.4 Å². The van der Waals surface area contributed by atoms with Gasteiger partial charge in [-0.15, -0.1) is 0 Å². The zero-order chi connectivity index (χ0) is 16.6. The van der Waals surface area contributed by atoms with Gasteiger partial charge in [0.2, 0.25) is 5.95 Å². The second kappa shape index (κ2) is 5.85. The molecule has 0 saturated carbocycles. The fourth-order valence-electron chi connectivity index (χ4n) is 2.44. The van der Waals surface area contributed by atoms with E-state index >= 15 is 0 Å². The Bertz CT molecular complexity index is 904. The van der Waals surface area contributed by atoms with Gasteiger partial charge in [-0.25, -0.2) is 9.97 Å². The number of hydrogen-bond acceptors (Lipinski definition) is 5. The number of fused-ring (bicyclic) bond motifs is 1. The summed E-state index contributed by atoms with van der Waals surface area (Å²) in [7, 11) is 1.84. The summed E-state index contributed by atoms with van der Waals surface area (Å²) < 4.78 is 1.74. The molecular weight excluding hydrogens is 316 g/mol. The van der Waals surface area contributed by atoms with Crippen molar-refractivity contribution >= 4 is 34.4 Å². The molecule has 118 valence electrons. The number of hydrogen-bond donors (Lipinski definition) is 2. The van der Waals surface area contributed by atoms with Crippen LogP contribution in [0.5, 0.6) is 0 Å². The van der Waals surface area contributed by atoms with Gasteiger partial charge in [0, 0.05) is 18.6 Å². The van der Waals surface area contributed by atoms with Crippen LogP contribution in [0.1, 0.15) is 21.7 Å². The monoisotopic (exact) mass is 330 g/mol. The Morgan fingerprint density at radius 1 is 1.43 bits per heavy atom. The summed E-state index contributed by atoms with van der Waals surface area (Å²) in [5, 5.41) is 8.67. The van der Waals surface area contributed by atoms with E-state index in [0.29, 0.717) is 22.0 Å². The van der Waals surface area contributed by atoms with Crippen LogP contribution in [0.15, 0.2) is 24.4 Å². The number of benzene rings is 1. The average Bonchev–Trinajstić information content (AvgIpc) is 2.83. The van der Waals surface area contributed by atoms with Gasteiger partial charge in [-0.1, -0.05) is 17.7 Å². The number of nitrogens with zero attached hydrogens (tertiary/aromatic N) is 4. The standard InChI is InChI=1S/C15H15ClN6O/c1-8-9(6-19-15(17)20-8)14(23)18-7-11-13-10(16)4-3-5-12(13)22(2)21-11/h3-6H,7H2,1-2H3,(H,18,23)(H2,17,19,20). The SMILES string of the molecule is Cc1nc(N)ncc1C(=O)NCc1nn(C)c2cccc(Cl)c12. The lowest BCUT2D eigenvalue weighted by molar-refractivity contribution is 0.0949. The van der Waals surface area contributed by atoms with E-state index in [9.17, 15) is 4.79 Å². The number of nitrogens with two attached hydrogens (primary N) is 1. The predicted molar refractivity (Wildman–Crippen MR) is 88.1 cm³/mol. The Kier molecular flexibility index (Phi) is 3.87. The van der Waals surface area contributed by atoms with Gasteiger partial charge in [-0.2, -0.15) is 5.10 Å². The number of nitrogens with one attached hydrogen (secondary N) is 1. The molecule has 0 aliphatic rings. The third-order valence-corrected chi connectivity index (χ3v) is 3.87. The predicted octanol–water partition coefficient (Wildman–Crippen LogP) is 1.84. The maximum absolute atomic E-state index is 12.3. The molecule has 0 aliphatic carbocycles. The smallest absolute Gasteiger partial charge is 0.255 e. The molecule has 2 aromatic heterocycles. The van der Waals surface area contributed by atoms with Gasteiger partial charge in [-0.05, 0) is 19.1 Å². The third-order valence-electron chi connectivity index (χ3n) is 3.56. The highest BCUT2D eigenvalue weighted by molar-refractivity contribution is 6.35. The zero-order valence-electron chi connectivity index (χ0n) is 12.7. The molecule has 0 spiro atoms. The number of rotatable bonds is 3. The highest BCUT2D eigenvalue weighted by Gasteiger charge is 2.15. The van der Waals surface area contributed by atoms with Crippen molar-refractivity contribution in [3.05, 3.63) is 46.4 Å². The summed E-state index contributed by atoms with van der Waals surface area (Å²) in [5.41, 5.74) is 8.01. The molecule has 1 amide bonds. The minimum atomic E-state index is -0.284. The molecule has 0 fully saturated rings. The van der Waals surface area contributed by atoms with Crippen molar-refractivity contribution in [1.82, 2.24) is 25.1 Å². The van der Waals surface area contributed by atoms with E-state index in [4.69, 9.17) is 17.3 Å². The molecule has 3 N–H and O–H groups in total. The normalized spacial score (nSPS) is 10.9. The molecule has 1 aromatic carbocycles. The Hall–Kier alpha value is -2.67. The Morgan fingerprint density at radius 3 is 2.96 bits per heavy atom. The van der Waals surface area contributed by atoms with E-state index in [2.05, 4.69) is 20.4 Å². The number of carbonyl (C=O) groups excluding carboxylic acids is 1.